The summed E-state index contributed by atoms with van der Waals surface area (Å²) in [7, 11) is -3.45. The van der Waals surface area contributed by atoms with Crippen molar-refractivity contribution in [3.05, 3.63) is 78.1 Å². The van der Waals surface area contributed by atoms with Crippen molar-refractivity contribution in [3.8, 4) is 5.69 Å². The fourth-order valence-corrected chi connectivity index (χ4v) is 5.30. The summed E-state index contributed by atoms with van der Waals surface area (Å²) in [6.45, 7) is 2.47. The third-order valence-electron chi connectivity index (χ3n) is 5.18. The minimum Gasteiger partial charge on any atom is -0.337 e. The Hall–Kier alpha value is -2.93. The quantitative estimate of drug-likeness (QED) is 0.681. The Morgan fingerprint density at radius 2 is 1.68 bits per heavy atom. The lowest BCUT2D eigenvalue weighted by Gasteiger charge is -2.17. The molecule has 2 heterocycles. The number of likely N-dealkylation sites (tertiary alicyclic amines) is 1. The topological polar surface area (TPSA) is 72.3 Å². The fourth-order valence-electron chi connectivity index (χ4n) is 3.59. The van der Waals surface area contributed by atoms with Crippen LogP contribution < -0.4 is 0 Å². The number of carbonyl (C=O) groups excluding carboxylic acids is 1. The first-order chi connectivity index (χ1) is 13.5. The van der Waals surface area contributed by atoms with Gasteiger partial charge in [-0.2, -0.15) is 5.10 Å². The van der Waals surface area contributed by atoms with Crippen LogP contribution in [0.1, 0.15) is 22.5 Å². The number of carbonyl (C=O) groups is 1. The predicted molar refractivity (Wildman–Crippen MR) is 106 cm³/mol. The van der Waals surface area contributed by atoms with Crippen LogP contribution >= 0.6 is 0 Å². The molecule has 6 nitrogen and oxygen atoms in total. The molecule has 28 heavy (non-hydrogen) atoms. The number of para-hydroxylation sites is 1. The highest BCUT2D eigenvalue weighted by Crippen LogP contribution is 2.26. The van der Waals surface area contributed by atoms with E-state index < -0.39 is 15.1 Å². The van der Waals surface area contributed by atoms with Gasteiger partial charge in [0.15, 0.2) is 9.84 Å². The zero-order valence-corrected chi connectivity index (χ0v) is 16.3. The summed E-state index contributed by atoms with van der Waals surface area (Å²) in [6, 6.07) is 18.0. The summed E-state index contributed by atoms with van der Waals surface area (Å²) in [5, 5.41) is 3.76. The van der Waals surface area contributed by atoms with Gasteiger partial charge in [-0.05, 0) is 37.6 Å². The van der Waals surface area contributed by atoms with Gasteiger partial charge in [0.2, 0.25) is 0 Å². The normalized spacial score (nSPS) is 17.0. The maximum atomic E-state index is 13.0. The van der Waals surface area contributed by atoms with Gasteiger partial charge in [-0.25, -0.2) is 13.1 Å². The molecule has 1 fully saturated rings. The molecule has 1 saturated heterocycles. The van der Waals surface area contributed by atoms with Crippen LogP contribution in [0.3, 0.4) is 0 Å². The third kappa shape index (κ3) is 3.22. The van der Waals surface area contributed by atoms with Crippen LogP contribution in [0, 0.1) is 6.92 Å². The van der Waals surface area contributed by atoms with Gasteiger partial charge in [-0.1, -0.05) is 36.4 Å². The van der Waals surface area contributed by atoms with Crippen LogP contribution in [0.2, 0.25) is 0 Å². The van der Waals surface area contributed by atoms with Crippen molar-refractivity contribution in [1.29, 1.82) is 0 Å². The third-order valence-corrected chi connectivity index (χ3v) is 7.38. The highest BCUT2D eigenvalue weighted by Gasteiger charge is 2.37. The molecule has 144 valence electrons. The van der Waals surface area contributed by atoms with Gasteiger partial charge in [-0.15, -0.1) is 0 Å². The molecule has 1 aromatic heterocycles. The number of hydrogen-bond donors (Lipinski definition) is 0. The molecule has 0 spiro atoms. The minimum absolute atomic E-state index is 0.176. The van der Waals surface area contributed by atoms with Gasteiger partial charge in [0, 0.05) is 13.1 Å². The monoisotopic (exact) mass is 395 g/mol. The van der Waals surface area contributed by atoms with Crippen LogP contribution in [-0.2, 0) is 9.84 Å². The van der Waals surface area contributed by atoms with Crippen LogP contribution in [-0.4, -0.2) is 47.3 Å². The van der Waals surface area contributed by atoms with E-state index in [4.69, 9.17) is 0 Å². The molecule has 1 aliphatic heterocycles. The zero-order chi connectivity index (χ0) is 19.7. The van der Waals surface area contributed by atoms with Gasteiger partial charge >= 0.3 is 0 Å². The maximum absolute atomic E-state index is 13.0. The minimum atomic E-state index is -3.45. The molecular weight excluding hydrogens is 374 g/mol. The molecule has 4 rings (SSSR count). The van der Waals surface area contributed by atoms with Crippen LogP contribution in [0.25, 0.3) is 5.69 Å². The first-order valence-electron chi connectivity index (χ1n) is 9.17. The van der Waals surface area contributed by atoms with E-state index in [1.807, 2.05) is 37.3 Å². The second-order valence-corrected chi connectivity index (χ2v) is 9.14. The molecular formula is C21H21N3O3S. The van der Waals surface area contributed by atoms with E-state index in [1.165, 1.54) is 0 Å². The lowest BCUT2D eigenvalue weighted by molar-refractivity contribution is 0.0792. The van der Waals surface area contributed by atoms with Crippen molar-refractivity contribution in [2.75, 3.05) is 13.1 Å². The average molecular weight is 395 g/mol. The predicted octanol–water partition coefficient (Wildman–Crippen LogP) is 2.87. The summed E-state index contributed by atoms with van der Waals surface area (Å²) in [5.41, 5.74) is 2.12. The first-order valence-corrected chi connectivity index (χ1v) is 10.7. The highest BCUT2D eigenvalue weighted by molar-refractivity contribution is 7.92. The van der Waals surface area contributed by atoms with Crippen molar-refractivity contribution in [1.82, 2.24) is 14.7 Å². The molecule has 0 N–H and O–H groups in total. The number of nitrogens with zero attached hydrogens (tertiary/aromatic N) is 3. The van der Waals surface area contributed by atoms with Gasteiger partial charge in [0.25, 0.3) is 5.91 Å². The lowest BCUT2D eigenvalue weighted by atomic mass is 10.2. The highest BCUT2D eigenvalue weighted by atomic mass is 32.2. The summed E-state index contributed by atoms with van der Waals surface area (Å²) in [6.07, 6.45) is 2.00. The Labute approximate surface area is 164 Å². The molecule has 1 amide bonds. The van der Waals surface area contributed by atoms with Crippen molar-refractivity contribution in [3.63, 3.8) is 0 Å². The molecule has 0 bridgehead atoms. The number of hydrogen-bond acceptors (Lipinski definition) is 4. The van der Waals surface area contributed by atoms with E-state index in [9.17, 15) is 13.2 Å². The molecule has 1 unspecified atom stereocenters. The standard InChI is InChI=1S/C21H21N3O3S/c1-16-20(14-22-24(16)17-8-4-2-5-9-17)21(25)23-13-12-19(15-23)28(26,27)18-10-6-3-7-11-18/h2-11,14,19H,12-13,15H2,1H3. The Bertz CT molecular complexity index is 1090. The Morgan fingerprint density at radius 3 is 2.36 bits per heavy atom. The van der Waals surface area contributed by atoms with E-state index in [2.05, 4.69) is 5.10 Å². The molecule has 3 aromatic rings. The van der Waals surface area contributed by atoms with Gasteiger partial charge in [0.1, 0.15) is 0 Å². The van der Waals surface area contributed by atoms with E-state index >= 15 is 0 Å². The number of benzene rings is 2. The van der Waals surface area contributed by atoms with E-state index in [-0.39, 0.29) is 12.5 Å². The van der Waals surface area contributed by atoms with Crippen LogP contribution in [0.5, 0.6) is 0 Å². The average Bonchev–Trinajstić information content (AvgIpc) is 3.36. The summed E-state index contributed by atoms with van der Waals surface area (Å²) in [4.78, 5) is 14.9. The molecule has 0 radical (unpaired) electrons. The van der Waals surface area contributed by atoms with Crippen molar-refractivity contribution < 1.29 is 13.2 Å². The second kappa shape index (κ2) is 7.24. The smallest absolute Gasteiger partial charge is 0.257 e. The summed E-state index contributed by atoms with van der Waals surface area (Å²) >= 11 is 0. The first kappa shape index (κ1) is 18.4. The SMILES string of the molecule is Cc1c(C(=O)N2CCC(S(=O)(=O)c3ccccc3)C2)cnn1-c1ccccc1. The molecule has 1 aliphatic rings. The largest absolute Gasteiger partial charge is 0.337 e. The van der Waals surface area contributed by atoms with Gasteiger partial charge in [-0.3, -0.25) is 4.79 Å². The van der Waals surface area contributed by atoms with Crippen LogP contribution in [0.4, 0.5) is 0 Å². The number of amides is 1. The molecule has 1 atom stereocenters. The van der Waals surface area contributed by atoms with E-state index in [0.29, 0.717) is 23.4 Å². The molecule has 0 saturated carbocycles. The Morgan fingerprint density at radius 1 is 1.04 bits per heavy atom. The lowest BCUT2D eigenvalue weighted by Crippen LogP contribution is -2.32. The van der Waals surface area contributed by atoms with Gasteiger partial charge < -0.3 is 4.90 Å². The number of aromatic nitrogens is 2. The fraction of sp³-hybridized carbons (Fsp3) is 0.238. The summed E-state index contributed by atoms with van der Waals surface area (Å²) in [5.74, 6) is -0.176. The summed E-state index contributed by atoms with van der Waals surface area (Å²) < 4.78 is 27.4. The zero-order valence-electron chi connectivity index (χ0n) is 15.5. The van der Waals surface area contributed by atoms with Crippen molar-refractivity contribution >= 4 is 15.7 Å². The van der Waals surface area contributed by atoms with Crippen molar-refractivity contribution in [2.24, 2.45) is 0 Å². The molecule has 0 aliphatic carbocycles. The van der Waals surface area contributed by atoms with Gasteiger partial charge in [0.05, 0.1) is 33.3 Å². The van der Waals surface area contributed by atoms with Crippen molar-refractivity contribution in [2.45, 2.75) is 23.5 Å². The molecule has 2 aromatic carbocycles. The Balaban J connectivity index is 1.54. The number of sulfone groups is 1. The van der Waals surface area contributed by atoms with E-state index in [0.717, 1.165) is 11.4 Å². The second-order valence-electron chi connectivity index (χ2n) is 6.91. The Kier molecular flexibility index (Phi) is 4.77. The number of rotatable bonds is 4. The van der Waals surface area contributed by atoms with E-state index in [1.54, 1.807) is 46.1 Å². The maximum Gasteiger partial charge on any atom is 0.257 e. The van der Waals surface area contributed by atoms with Crippen LogP contribution in [0.15, 0.2) is 71.8 Å². The molecule has 7 heteroatoms.